The molecule has 0 radical (unpaired) electrons. The van der Waals surface area contributed by atoms with E-state index < -0.39 is 10.0 Å². The van der Waals surface area contributed by atoms with Crippen LogP contribution in [0.25, 0.3) is 0 Å². The van der Waals surface area contributed by atoms with Crippen molar-refractivity contribution in [1.82, 2.24) is 14.9 Å². The first-order valence-corrected chi connectivity index (χ1v) is 8.13. The summed E-state index contributed by atoms with van der Waals surface area (Å²) < 4.78 is 30.4. The molecule has 8 heteroatoms. The van der Waals surface area contributed by atoms with E-state index in [0.717, 1.165) is 19.5 Å². The van der Waals surface area contributed by atoms with E-state index in [-0.39, 0.29) is 30.9 Å². The Morgan fingerprint density at radius 1 is 1.53 bits per heavy atom. The Bertz CT molecular complexity index is 379. The molecule has 1 fully saturated rings. The standard InChI is InChI=1S/C11H23N3O4S/c1-3-18-6-7-19(16,17)13-9-11(15)14(2)10-4-5-12-8-10/h10,12-13H,3-9H2,1-2H3. The summed E-state index contributed by atoms with van der Waals surface area (Å²) in [7, 11) is -1.74. The summed E-state index contributed by atoms with van der Waals surface area (Å²) in [5, 5.41) is 3.17. The summed E-state index contributed by atoms with van der Waals surface area (Å²) >= 11 is 0. The highest BCUT2D eigenvalue weighted by Crippen LogP contribution is 2.05. The number of likely N-dealkylation sites (N-methyl/N-ethyl adjacent to an activating group) is 1. The van der Waals surface area contributed by atoms with E-state index in [4.69, 9.17) is 4.74 Å². The third-order valence-corrected chi connectivity index (χ3v) is 4.41. The summed E-state index contributed by atoms with van der Waals surface area (Å²) in [6, 6.07) is 0.153. The lowest BCUT2D eigenvalue weighted by atomic mass is 10.2. The highest BCUT2D eigenvalue weighted by Gasteiger charge is 2.23. The zero-order valence-corrected chi connectivity index (χ0v) is 12.3. The van der Waals surface area contributed by atoms with Crippen LogP contribution >= 0.6 is 0 Å². The van der Waals surface area contributed by atoms with E-state index >= 15 is 0 Å². The lowest BCUT2D eigenvalue weighted by Crippen LogP contribution is -2.44. The van der Waals surface area contributed by atoms with Crippen molar-refractivity contribution < 1.29 is 17.9 Å². The Morgan fingerprint density at radius 2 is 2.26 bits per heavy atom. The molecule has 1 unspecified atom stereocenters. The van der Waals surface area contributed by atoms with Crippen LogP contribution in [0.1, 0.15) is 13.3 Å². The van der Waals surface area contributed by atoms with Gasteiger partial charge < -0.3 is 15.0 Å². The van der Waals surface area contributed by atoms with Gasteiger partial charge in [0.05, 0.1) is 18.9 Å². The molecule has 0 aromatic rings. The normalized spacial score (nSPS) is 19.6. The summed E-state index contributed by atoms with van der Waals surface area (Å²) in [5.41, 5.74) is 0. The molecule has 0 bridgehead atoms. The molecule has 1 saturated heterocycles. The van der Waals surface area contributed by atoms with Crippen LogP contribution in [0.2, 0.25) is 0 Å². The molecule has 0 aromatic heterocycles. The van der Waals surface area contributed by atoms with Crippen LogP contribution in [0, 0.1) is 0 Å². The lowest BCUT2D eigenvalue weighted by Gasteiger charge is -2.23. The molecule has 7 nitrogen and oxygen atoms in total. The number of ether oxygens (including phenoxy) is 1. The van der Waals surface area contributed by atoms with Gasteiger partial charge in [0.25, 0.3) is 0 Å². The monoisotopic (exact) mass is 293 g/mol. The fourth-order valence-electron chi connectivity index (χ4n) is 1.86. The van der Waals surface area contributed by atoms with Crippen molar-refractivity contribution in [2.45, 2.75) is 19.4 Å². The predicted molar refractivity (Wildman–Crippen MR) is 72.3 cm³/mol. The molecular formula is C11H23N3O4S. The maximum Gasteiger partial charge on any atom is 0.237 e. The second-order valence-electron chi connectivity index (χ2n) is 4.49. The zero-order chi connectivity index (χ0) is 14.3. The van der Waals surface area contributed by atoms with Gasteiger partial charge in [-0.25, -0.2) is 13.1 Å². The van der Waals surface area contributed by atoms with Crippen molar-refractivity contribution in [2.75, 3.05) is 45.6 Å². The minimum atomic E-state index is -3.44. The number of hydrogen-bond donors (Lipinski definition) is 2. The molecule has 0 saturated carbocycles. The molecular weight excluding hydrogens is 270 g/mol. The molecule has 1 atom stereocenters. The van der Waals surface area contributed by atoms with Gasteiger partial charge in [-0.15, -0.1) is 0 Å². The first kappa shape index (κ1) is 16.4. The molecule has 19 heavy (non-hydrogen) atoms. The van der Waals surface area contributed by atoms with E-state index in [2.05, 4.69) is 10.0 Å². The zero-order valence-electron chi connectivity index (χ0n) is 11.5. The largest absolute Gasteiger partial charge is 0.381 e. The van der Waals surface area contributed by atoms with Crippen LogP contribution in [0.15, 0.2) is 0 Å². The number of amides is 1. The summed E-state index contributed by atoms with van der Waals surface area (Å²) in [4.78, 5) is 13.4. The van der Waals surface area contributed by atoms with Crippen molar-refractivity contribution in [2.24, 2.45) is 0 Å². The number of carbonyl (C=O) groups is 1. The van der Waals surface area contributed by atoms with Gasteiger partial charge in [-0.2, -0.15) is 0 Å². The van der Waals surface area contributed by atoms with E-state index in [1.165, 1.54) is 0 Å². The van der Waals surface area contributed by atoms with Crippen LogP contribution < -0.4 is 10.0 Å². The molecule has 1 heterocycles. The van der Waals surface area contributed by atoms with Gasteiger partial charge >= 0.3 is 0 Å². The Labute approximate surface area is 114 Å². The second-order valence-corrected chi connectivity index (χ2v) is 6.41. The number of rotatable bonds is 8. The Balaban J connectivity index is 2.32. The van der Waals surface area contributed by atoms with Crippen molar-refractivity contribution in [3.05, 3.63) is 0 Å². The van der Waals surface area contributed by atoms with Gasteiger partial charge in [0.15, 0.2) is 0 Å². The molecule has 112 valence electrons. The van der Waals surface area contributed by atoms with Crippen LogP contribution in [-0.4, -0.2) is 70.9 Å². The van der Waals surface area contributed by atoms with Crippen molar-refractivity contribution in [1.29, 1.82) is 0 Å². The van der Waals surface area contributed by atoms with Crippen LogP contribution in [0.3, 0.4) is 0 Å². The summed E-state index contributed by atoms with van der Waals surface area (Å²) in [6.45, 7) is 3.88. The average Bonchev–Trinajstić information content (AvgIpc) is 2.89. The first-order valence-electron chi connectivity index (χ1n) is 6.47. The van der Waals surface area contributed by atoms with Crippen LogP contribution in [0.4, 0.5) is 0 Å². The fourth-order valence-corrected chi connectivity index (χ4v) is 2.68. The number of nitrogens with one attached hydrogen (secondary N) is 2. The third-order valence-electron chi connectivity index (χ3n) is 3.12. The number of sulfonamides is 1. The molecule has 0 aliphatic carbocycles. The minimum Gasteiger partial charge on any atom is -0.381 e. The number of hydrogen-bond acceptors (Lipinski definition) is 5. The van der Waals surface area contributed by atoms with Gasteiger partial charge in [-0.1, -0.05) is 0 Å². The highest BCUT2D eigenvalue weighted by atomic mass is 32.2. The van der Waals surface area contributed by atoms with E-state index in [1.54, 1.807) is 18.9 Å². The van der Waals surface area contributed by atoms with Gasteiger partial charge in [-0.05, 0) is 19.9 Å². The van der Waals surface area contributed by atoms with E-state index in [1.807, 2.05) is 0 Å². The predicted octanol–water partition coefficient (Wildman–Crippen LogP) is -1.24. The van der Waals surface area contributed by atoms with Gasteiger partial charge in [0.1, 0.15) is 0 Å². The fraction of sp³-hybridized carbons (Fsp3) is 0.909. The smallest absolute Gasteiger partial charge is 0.237 e. The highest BCUT2D eigenvalue weighted by molar-refractivity contribution is 7.89. The van der Waals surface area contributed by atoms with Crippen molar-refractivity contribution >= 4 is 15.9 Å². The first-order chi connectivity index (χ1) is 8.96. The molecule has 0 aromatic carbocycles. The quantitative estimate of drug-likeness (QED) is 0.547. The topological polar surface area (TPSA) is 87.7 Å². The molecule has 1 rings (SSSR count). The molecule has 1 amide bonds. The van der Waals surface area contributed by atoms with Crippen LogP contribution in [-0.2, 0) is 19.6 Å². The maximum absolute atomic E-state index is 11.8. The average molecular weight is 293 g/mol. The Hall–Kier alpha value is -0.700. The molecule has 1 aliphatic rings. The Morgan fingerprint density at radius 3 is 2.84 bits per heavy atom. The van der Waals surface area contributed by atoms with Crippen LogP contribution in [0.5, 0.6) is 0 Å². The third kappa shape index (κ3) is 5.85. The lowest BCUT2D eigenvalue weighted by molar-refractivity contribution is -0.130. The summed E-state index contributed by atoms with van der Waals surface area (Å²) in [6.07, 6.45) is 0.902. The Kier molecular flexibility index (Phi) is 6.70. The van der Waals surface area contributed by atoms with Crippen molar-refractivity contribution in [3.63, 3.8) is 0 Å². The van der Waals surface area contributed by atoms with E-state index in [9.17, 15) is 13.2 Å². The minimum absolute atomic E-state index is 0.122. The van der Waals surface area contributed by atoms with Gasteiger partial charge in [0, 0.05) is 26.2 Å². The number of carbonyl (C=O) groups excluding carboxylic acids is 1. The maximum atomic E-state index is 11.8. The van der Waals surface area contributed by atoms with E-state index in [0.29, 0.717) is 6.61 Å². The van der Waals surface area contributed by atoms with Crippen molar-refractivity contribution in [3.8, 4) is 0 Å². The molecule has 1 aliphatic heterocycles. The second kappa shape index (κ2) is 7.78. The van der Waals surface area contributed by atoms with Gasteiger partial charge in [-0.3, -0.25) is 4.79 Å². The summed E-state index contributed by atoms with van der Waals surface area (Å²) in [5.74, 6) is -0.336. The molecule has 2 N–H and O–H groups in total. The SMILES string of the molecule is CCOCCS(=O)(=O)NCC(=O)N(C)C1CCNC1. The van der Waals surface area contributed by atoms with Gasteiger partial charge in [0.2, 0.25) is 15.9 Å². The number of nitrogens with zero attached hydrogens (tertiary/aromatic N) is 1. The molecule has 0 spiro atoms.